The molecule has 1 aromatic carbocycles. The molecule has 1 unspecified atom stereocenters. The summed E-state index contributed by atoms with van der Waals surface area (Å²) in [6, 6.07) is 14.7. The molecule has 0 saturated carbocycles. The fourth-order valence-electron chi connectivity index (χ4n) is 3.98. The number of likely N-dealkylation sites (tertiary alicyclic amines) is 1. The van der Waals surface area contributed by atoms with E-state index in [9.17, 15) is 4.79 Å². The summed E-state index contributed by atoms with van der Waals surface area (Å²) < 4.78 is 5.99. The van der Waals surface area contributed by atoms with Gasteiger partial charge < -0.3 is 9.64 Å². The molecule has 5 heteroatoms. The molecule has 2 aliphatic heterocycles. The summed E-state index contributed by atoms with van der Waals surface area (Å²) >= 11 is 0. The van der Waals surface area contributed by atoms with Crippen molar-refractivity contribution in [2.24, 2.45) is 0 Å². The molecule has 1 aromatic heterocycles. The second-order valence-electron chi connectivity index (χ2n) is 7.03. The maximum atomic E-state index is 12.6. The quantitative estimate of drug-likeness (QED) is 0.853. The lowest BCUT2D eigenvalue weighted by molar-refractivity contribution is -0.0525. The van der Waals surface area contributed by atoms with Crippen molar-refractivity contribution in [3.63, 3.8) is 0 Å². The second-order valence-corrected chi connectivity index (χ2v) is 7.03. The predicted octanol–water partition coefficient (Wildman–Crippen LogP) is 2.76. The molecule has 26 heavy (non-hydrogen) atoms. The van der Waals surface area contributed by atoms with Crippen molar-refractivity contribution in [1.29, 1.82) is 0 Å². The van der Waals surface area contributed by atoms with E-state index in [1.54, 1.807) is 12.4 Å². The second kappa shape index (κ2) is 7.98. The van der Waals surface area contributed by atoms with Crippen molar-refractivity contribution >= 4 is 5.91 Å². The smallest absolute Gasteiger partial charge is 0.255 e. The summed E-state index contributed by atoms with van der Waals surface area (Å²) in [6.07, 6.45) is 5.55. The van der Waals surface area contributed by atoms with Crippen LogP contribution in [-0.2, 0) is 4.74 Å². The Kier molecular flexibility index (Phi) is 5.27. The molecule has 0 bridgehead atoms. The predicted molar refractivity (Wildman–Crippen MR) is 99.9 cm³/mol. The summed E-state index contributed by atoms with van der Waals surface area (Å²) in [6.45, 7) is 4.31. The molecule has 0 N–H and O–H groups in total. The highest BCUT2D eigenvalue weighted by molar-refractivity contribution is 5.93. The minimum atomic E-state index is 0.0979. The van der Waals surface area contributed by atoms with E-state index < -0.39 is 0 Å². The van der Waals surface area contributed by atoms with Gasteiger partial charge in [0.15, 0.2) is 0 Å². The summed E-state index contributed by atoms with van der Waals surface area (Å²) in [5.74, 6) is 0.0979. The van der Waals surface area contributed by atoms with E-state index in [0.29, 0.717) is 11.6 Å². The van der Waals surface area contributed by atoms with Gasteiger partial charge in [-0.15, -0.1) is 0 Å². The molecule has 0 spiro atoms. The molecular formula is C21H25N3O2. The largest absolute Gasteiger partial charge is 0.371 e. The minimum absolute atomic E-state index is 0.0979. The standard InChI is InChI=1S/C21H25N3O2/c25-21(18-7-4-10-22-15-18)23-11-8-19(9-12-23)24-13-14-26-20(16-24)17-5-2-1-3-6-17/h1-7,10,15,19-20H,8-9,11-14,16H2. The lowest BCUT2D eigenvalue weighted by Gasteiger charge is -2.42. The molecule has 1 atom stereocenters. The van der Waals surface area contributed by atoms with Crippen molar-refractivity contribution < 1.29 is 9.53 Å². The lowest BCUT2D eigenvalue weighted by Crippen LogP contribution is -2.50. The number of benzene rings is 1. The molecule has 136 valence electrons. The van der Waals surface area contributed by atoms with Gasteiger partial charge in [-0.1, -0.05) is 30.3 Å². The van der Waals surface area contributed by atoms with E-state index in [4.69, 9.17) is 4.74 Å². The topological polar surface area (TPSA) is 45.7 Å². The third-order valence-electron chi connectivity index (χ3n) is 5.45. The fraction of sp³-hybridized carbons (Fsp3) is 0.429. The number of hydrogen-bond acceptors (Lipinski definition) is 4. The highest BCUT2D eigenvalue weighted by Crippen LogP contribution is 2.26. The Morgan fingerprint density at radius 1 is 1.04 bits per heavy atom. The highest BCUT2D eigenvalue weighted by atomic mass is 16.5. The zero-order valence-corrected chi connectivity index (χ0v) is 15.0. The summed E-state index contributed by atoms with van der Waals surface area (Å²) in [4.78, 5) is 21.1. The molecule has 1 amide bonds. The van der Waals surface area contributed by atoms with E-state index in [-0.39, 0.29) is 12.0 Å². The Balaban J connectivity index is 1.34. The van der Waals surface area contributed by atoms with Gasteiger partial charge in [0.25, 0.3) is 5.91 Å². The molecule has 2 aliphatic rings. The van der Waals surface area contributed by atoms with Gasteiger partial charge in [-0.05, 0) is 30.5 Å². The maximum Gasteiger partial charge on any atom is 0.255 e. The van der Waals surface area contributed by atoms with Gasteiger partial charge in [0.1, 0.15) is 0 Å². The maximum absolute atomic E-state index is 12.6. The van der Waals surface area contributed by atoms with Crippen LogP contribution in [0, 0.1) is 0 Å². The average molecular weight is 351 g/mol. The first-order chi connectivity index (χ1) is 12.8. The number of hydrogen-bond donors (Lipinski definition) is 0. The number of pyridine rings is 1. The van der Waals surface area contributed by atoms with Crippen LogP contribution in [0.25, 0.3) is 0 Å². The van der Waals surface area contributed by atoms with Crippen molar-refractivity contribution in [3.05, 3.63) is 66.0 Å². The first-order valence-electron chi connectivity index (χ1n) is 9.41. The number of carbonyl (C=O) groups is 1. The molecule has 2 fully saturated rings. The molecule has 3 heterocycles. The summed E-state index contributed by atoms with van der Waals surface area (Å²) in [5.41, 5.74) is 1.93. The highest BCUT2D eigenvalue weighted by Gasteiger charge is 2.31. The molecule has 2 aromatic rings. The van der Waals surface area contributed by atoms with E-state index in [1.807, 2.05) is 23.1 Å². The van der Waals surface area contributed by atoms with Crippen molar-refractivity contribution in [2.75, 3.05) is 32.8 Å². The van der Waals surface area contributed by atoms with Crippen LogP contribution in [0.15, 0.2) is 54.9 Å². The Morgan fingerprint density at radius 3 is 2.58 bits per heavy atom. The van der Waals surface area contributed by atoms with Crippen LogP contribution < -0.4 is 0 Å². The van der Waals surface area contributed by atoms with Gasteiger partial charge in [0.05, 0.1) is 18.3 Å². The SMILES string of the molecule is O=C(c1cccnc1)N1CCC(N2CCOC(c3ccccc3)C2)CC1. The first kappa shape index (κ1) is 17.2. The summed E-state index contributed by atoms with van der Waals surface area (Å²) in [5, 5.41) is 0. The van der Waals surface area contributed by atoms with Crippen molar-refractivity contribution in [1.82, 2.24) is 14.8 Å². The average Bonchev–Trinajstić information content (AvgIpc) is 2.75. The molecule has 5 nitrogen and oxygen atoms in total. The van der Waals surface area contributed by atoms with Crippen molar-refractivity contribution in [3.8, 4) is 0 Å². The minimum Gasteiger partial charge on any atom is -0.371 e. The van der Waals surface area contributed by atoms with Gasteiger partial charge in [-0.3, -0.25) is 14.7 Å². The number of aromatic nitrogens is 1. The Labute approximate surface area is 154 Å². The van der Waals surface area contributed by atoms with Crippen LogP contribution in [0.2, 0.25) is 0 Å². The van der Waals surface area contributed by atoms with Crippen LogP contribution in [0.4, 0.5) is 0 Å². The normalized spacial score (nSPS) is 22.3. The monoisotopic (exact) mass is 351 g/mol. The zero-order chi connectivity index (χ0) is 17.8. The lowest BCUT2D eigenvalue weighted by atomic mass is 10.00. The Morgan fingerprint density at radius 2 is 1.85 bits per heavy atom. The third-order valence-corrected chi connectivity index (χ3v) is 5.45. The summed E-state index contributed by atoms with van der Waals surface area (Å²) in [7, 11) is 0. The molecule has 0 radical (unpaired) electrons. The zero-order valence-electron chi connectivity index (χ0n) is 15.0. The van der Waals surface area contributed by atoms with Crippen LogP contribution in [0.5, 0.6) is 0 Å². The van der Waals surface area contributed by atoms with Crippen LogP contribution in [-0.4, -0.2) is 59.5 Å². The number of morpholine rings is 1. The third kappa shape index (κ3) is 3.79. The number of piperidine rings is 1. The van der Waals surface area contributed by atoms with Gasteiger partial charge in [-0.25, -0.2) is 0 Å². The molecule has 4 rings (SSSR count). The number of carbonyl (C=O) groups excluding carboxylic acids is 1. The molecular weight excluding hydrogens is 326 g/mol. The van der Waals surface area contributed by atoms with Crippen LogP contribution in [0.1, 0.15) is 34.9 Å². The van der Waals surface area contributed by atoms with E-state index in [2.05, 4.69) is 34.1 Å². The van der Waals surface area contributed by atoms with E-state index in [1.165, 1.54) is 5.56 Å². The van der Waals surface area contributed by atoms with Crippen LogP contribution >= 0.6 is 0 Å². The first-order valence-corrected chi connectivity index (χ1v) is 9.41. The number of nitrogens with zero attached hydrogens (tertiary/aromatic N) is 3. The van der Waals surface area contributed by atoms with Gasteiger partial charge in [0.2, 0.25) is 0 Å². The fourth-order valence-corrected chi connectivity index (χ4v) is 3.98. The van der Waals surface area contributed by atoms with Crippen molar-refractivity contribution in [2.45, 2.75) is 25.0 Å². The van der Waals surface area contributed by atoms with Gasteiger partial charge in [-0.2, -0.15) is 0 Å². The number of amides is 1. The van der Waals surface area contributed by atoms with Gasteiger partial charge in [0, 0.05) is 44.6 Å². The molecule has 0 aliphatic carbocycles. The van der Waals surface area contributed by atoms with E-state index in [0.717, 1.165) is 45.6 Å². The molecule has 2 saturated heterocycles. The Bertz CT molecular complexity index is 715. The van der Waals surface area contributed by atoms with Gasteiger partial charge >= 0.3 is 0 Å². The Hall–Kier alpha value is -2.24. The van der Waals surface area contributed by atoms with E-state index >= 15 is 0 Å². The van der Waals surface area contributed by atoms with Crippen LogP contribution in [0.3, 0.4) is 0 Å². The number of ether oxygens (including phenoxy) is 1. The number of rotatable bonds is 3.